The molecular weight excluding hydrogens is 416 g/mol. The third-order valence-corrected chi connectivity index (χ3v) is 3.93. The zero-order chi connectivity index (χ0) is 22.1. The van der Waals surface area contributed by atoms with Crippen molar-refractivity contribution >= 4 is 12.2 Å². The van der Waals surface area contributed by atoms with Crippen LogP contribution >= 0.6 is 0 Å². The van der Waals surface area contributed by atoms with Gasteiger partial charge in [-0.15, -0.1) is 5.10 Å². The molecular formula is C19H11F6N3O2. The van der Waals surface area contributed by atoms with Gasteiger partial charge in [-0.25, -0.2) is 14.5 Å². The van der Waals surface area contributed by atoms with Gasteiger partial charge in [-0.2, -0.15) is 26.3 Å². The molecule has 0 spiro atoms. The molecule has 0 aliphatic rings. The lowest BCUT2D eigenvalue weighted by Gasteiger charge is -2.07. The second kappa shape index (κ2) is 7.65. The first kappa shape index (κ1) is 21.1. The molecule has 0 saturated heterocycles. The van der Waals surface area contributed by atoms with E-state index in [2.05, 4.69) is 10.1 Å². The summed E-state index contributed by atoms with van der Waals surface area (Å²) in [6.45, 7) is 0. The van der Waals surface area contributed by atoms with Gasteiger partial charge in [-0.1, -0.05) is 24.3 Å². The number of aliphatic carboxylic acids is 1. The van der Waals surface area contributed by atoms with Crippen LogP contribution in [-0.2, 0) is 17.1 Å². The van der Waals surface area contributed by atoms with Gasteiger partial charge in [0.1, 0.15) is 0 Å². The lowest BCUT2D eigenvalue weighted by atomic mass is 10.1. The molecule has 2 aromatic carbocycles. The van der Waals surface area contributed by atoms with E-state index >= 15 is 0 Å². The molecule has 0 fully saturated rings. The molecule has 0 saturated carbocycles. The van der Waals surface area contributed by atoms with Gasteiger partial charge in [0, 0.05) is 23.4 Å². The second-order valence-electron chi connectivity index (χ2n) is 6.01. The van der Waals surface area contributed by atoms with Crippen molar-refractivity contribution in [1.82, 2.24) is 14.8 Å². The topological polar surface area (TPSA) is 68.0 Å². The standard InChI is InChI=1S/C19H11F6N3O2/c20-18(21,22)13-5-1-11(2-6-13)16-26-17(28(27-16)10-9-15(29)30)12-3-7-14(8-4-12)19(23,24)25/h1-10H,(H,29,30)/b10-9+. The molecule has 1 aromatic heterocycles. The van der Waals surface area contributed by atoms with Crippen LogP contribution in [0, 0.1) is 0 Å². The van der Waals surface area contributed by atoms with Crippen molar-refractivity contribution in [1.29, 1.82) is 0 Å². The smallest absolute Gasteiger partial charge is 0.416 e. The van der Waals surface area contributed by atoms with E-state index in [1.165, 1.54) is 0 Å². The van der Waals surface area contributed by atoms with Gasteiger partial charge in [0.05, 0.1) is 11.1 Å². The van der Waals surface area contributed by atoms with E-state index in [4.69, 9.17) is 5.11 Å². The van der Waals surface area contributed by atoms with Gasteiger partial charge in [-0.3, -0.25) is 0 Å². The van der Waals surface area contributed by atoms with E-state index in [0.717, 1.165) is 65.5 Å². The van der Waals surface area contributed by atoms with Gasteiger partial charge >= 0.3 is 18.3 Å². The minimum atomic E-state index is -4.54. The maximum Gasteiger partial charge on any atom is 0.416 e. The van der Waals surface area contributed by atoms with E-state index in [0.29, 0.717) is 0 Å². The number of hydrogen-bond donors (Lipinski definition) is 1. The molecule has 0 aliphatic heterocycles. The van der Waals surface area contributed by atoms with Crippen LogP contribution in [0.25, 0.3) is 29.0 Å². The molecule has 30 heavy (non-hydrogen) atoms. The first-order valence-corrected chi connectivity index (χ1v) is 8.18. The van der Waals surface area contributed by atoms with Crippen LogP contribution in [0.5, 0.6) is 0 Å². The summed E-state index contributed by atoms with van der Waals surface area (Å²) < 4.78 is 77.5. The summed E-state index contributed by atoms with van der Waals surface area (Å²) >= 11 is 0. The molecule has 0 atom stereocenters. The number of alkyl halides is 6. The molecule has 1 heterocycles. The lowest BCUT2D eigenvalue weighted by Crippen LogP contribution is -2.04. The second-order valence-corrected chi connectivity index (χ2v) is 6.01. The first-order chi connectivity index (χ1) is 13.9. The predicted molar refractivity (Wildman–Crippen MR) is 93.9 cm³/mol. The Labute approximate surface area is 164 Å². The Balaban J connectivity index is 2.04. The van der Waals surface area contributed by atoms with Crippen LogP contribution in [0.15, 0.2) is 54.6 Å². The number of carboxylic acids is 1. The Hall–Kier alpha value is -3.63. The van der Waals surface area contributed by atoms with Crippen molar-refractivity contribution in [2.24, 2.45) is 0 Å². The normalized spacial score (nSPS) is 12.5. The highest BCUT2D eigenvalue weighted by molar-refractivity contribution is 5.83. The van der Waals surface area contributed by atoms with Crippen LogP contribution < -0.4 is 0 Å². The van der Waals surface area contributed by atoms with Crippen LogP contribution in [0.4, 0.5) is 26.3 Å². The van der Waals surface area contributed by atoms with Crippen LogP contribution in [0.3, 0.4) is 0 Å². The molecule has 0 bridgehead atoms. The summed E-state index contributed by atoms with van der Waals surface area (Å²) in [7, 11) is 0. The van der Waals surface area contributed by atoms with Crippen molar-refractivity contribution in [2.75, 3.05) is 0 Å². The molecule has 3 rings (SSSR count). The Morgan fingerprint density at radius 1 is 0.833 bits per heavy atom. The van der Waals surface area contributed by atoms with Gasteiger partial charge in [0.2, 0.25) is 0 Å². The van der Waals surface area contributed by atoms with Crippen molar-refractivity contribution in [3.8, 4) is 22.8 Å². The minimum absolute atomic E-state index is 0.0103. The Bertz CT molecular complexity index is 1080. The highest BCUT2D eigenvalue weighted by atomic mass is 19.4. The first-order valence-electron chi connectivity index (χ1n) is 8.18. The number of benzene rings is 2. The molecule has 0 radical (unpaired) electrons. The zero-order valence-corrected chi connectivity index (χ0v) is 14.7. The number of rotatable bonds is 4. The Kier molecular flexibility index (Phi) is 5.38. The molecule has 156 valence electrons. The number of carboxylic acid groups (broad SMARTS) is 1. The maximum atomic E-state index is 12.8. The SMILES string of the molecule is O=C(O)/C=C/n1nc(-c2ccc(C(F)(F)F)cc2)nc1-c1ccc(C(F)(F)F)cc1. The summed E-state index contributed by atoms with van der Waals surface area (Å²) in [5.41, 5.74) is -1.36. The predicted octanol–water partition coefficient (Wildman–Crippen LogP) is 5.21. The molecule has 3 aromatic rings. The molecule has 0 amide bonds. The van der Waals surface area contributed by atoms with Crippen molar-refractivity contribution in [3.63, 3.8) is 0 Å². The third-order valence-electron chi connectivity index (χ3n) is 3.93. The van der Waals surface area contributed by atoms with Gasteiger partial charge in [0.15, 0.2) is 11.6 Å². The Morgan fingerprint density at radius 3 is 1.73 bits per heavy atom. The number of aromatic nitrogens is 3. The van der Waals surface area contributed by atoms with E-state index in [1.807, 2.05) is 0 Å². The summed E-state index contributed by atoms with van der Waals surface area (Å²) in [6, 6.07) is 7.87. The molecule has 0 unspecified atom stereocenters. The van der Waals surface area contributed by atoms with Crippen LogP contribution in [-0.4, -0.2) is 25.8 Å². The average molecular weight is 427 g/mol. The van der Waals surface area contributed by atoms with E-state index in [-0.39, 0.29) is 22.8 Å². The highest BCUT2D eigenvalue weighted by Gasteiger charge is 2.31. The molecule has 1 N–H and O–H groups in total. The van der Waals surface area contributed by atoms with E-state index < -0.39 is 29.4 Å². The molecule has 5 nitrogen and oxygen atoms in total. The number of carbonyl (C=O) groups is 1. The number of hydrogen-bond acceptors (Lipinski definition) is 3. The number of nitrogens with zero attached hydrogens (tertiary/aromatic N) is 3. The fourth-order valence-corrected chi connectivity index (χ4v) is 2.50. The van der Waals surface area contributed by atoms with Crippen LogP contribution in [0.1, 0.15) is 11.1 Å². The highest BCUT2D eigenvalue weighted by Crippen LogP contribution is 2.32. The fourth-order valence-electron chi connectivity index (χ4n) is 2.50. The lowest BCUT2D eigenvalue weighted by molar-refractivity contribution is -0.138. The van der Waals surface area contributed by atoms with Crippen molar-refractivity contribution < 1.29 is 36.2 Å². The zero-order valence-electron chi connectivity index (χ0n) is 14.7. The van der Waals surface area contributed by atoms with Crippen LogP contribution in [0.2, 0.25) is 0 Å². The Morgan fingerprint density at radius 2 is 1.30 bits per heavy atom. The van der Waals surface area contributed by atoms with Gasteiger partial charge in [-0.05, 0) is 24.3 Å². The number of halogens is 6. The maximum absolute atomic E-state index is 12.8. The summed E-state index contributed by atoms with van der Waals surface area (Å²) in [5.74, 6) is -1.33. The minimum Gasteiger partial charge on any atom is -0.478 e. The third kappa shape index (κ3) is 4.67. The fraction of sp³-hybridized carbons (Fsp3) is 0.105. The van der Waals surface area contributed by atoms with Gasteiger partial charge in [0.25, 0.3) is 0 Å². The molecule has 11 heteroatoms. The summed E-state index contributed by atoms with van der Waals surface area (Å²) in [6.07, 6.45) is -7.31. The van der Waals surface area contributed by atoms with Gasteiger partial charge < -0.3 is 5.11 Å². The average Bonchev–Trinajstić information content (AvgIpc) is 3.09. The summed E-state index contributed by atoms with van der Waals surface area (Å²) in [5, 5.41) is 12.9. The summed E-state index contributed by atoms with van der Waals surface area (Å²) in [4.78, 5) is 15.0. The monoisotopic (exact) mass is 427 g/mol. The van der Waals surface area contributed by atoms with Crippen molar-refractivity contribution in [2.45, 2.75) is 12.4 Å². The van der Waals surface area contributed by atoms with E-state index in [9.17, 15) is 31.1 Å². The quantitative estimate of drug-likeness (QED) is 0.459. The van der Waals surface area contributed by atoms with Crippen molar-refractivity contribution in [3.05, 3.63) is 65.7 Å². The molecule has 0 aliphatic carbocycles. The largest absolute Gasteiger partial charge is 0.478 e. The van der Waals surface area contributed by atoms with E-state index in [1.54, 1.807) is 0 Å².